The van der Waals surface area contributed by atoms with Crippen molar-refractivity contribution in [2.45, 2.75) is 64.5 Å². The van der Waals surface area contributed by atoms with Gasteiger partial charge in [-0.3, -0.25) is 4.90 Å². The van der Waals surface area contributed by atoms with Crippen LogP contribution in [0.5, 0.6) is 0 Å². The van der Waals surface area contributed by atoms with Gasteiger partial charge in [-0.25, -0.2) is 18.8 Å². The second-order valence-electron chi connectivity index (χ2n) is 9.75. The fourth-order valence-electron chi connectivity index (χ4n) is 4.94. The summed E-state index contributed by atoms with van der Waals surface area (Å²) in [4.78, 5) is 28.1. The van der Waals surface area contributed by atoms with Gasteiger partial charge in [-0.2, -0.15) is 5.10 Å². The van der Waals surface area contributed by atoms with Gasteiger partial charge in [0.1, 0.15) is 11.9 Å². The quantitative estimate of drug-likeness (QED) is 0.442. The van der Waals surface area contributed by atoms with Crippen molar-refractivity contribution < 1.29 is 9.53 Å². The molecule has 0 radical (unpaired) electrons. The normalized spacial score (nSPS) is 16.8. The van der Waals surface area contributed by atoms with Gasteiger partial charge in [-0.1, -0.05) is 49.4 Å². The first-order valence-electron chi connectivity index (χ1n) is 12.6. The first kappa shape index (κ1) is 24.9. The zero-order chi connectivity index (χ0) is 25.0. The first-order chi connectivity index (χ1) is 16.9. The highest BCUT2D eigenvalue weighted by Crippen LogP contribution is 2.37. The number of esters is 1. The zero-order valence-corrected chi connectivity index (χ0v) is 21.2. The Bertz CT molecular complexity index is 1170. The minimum absolute atomic E-state index is 0.0223. The van der Waals surface area contributed by atoms with Crippen molar-refractivity contribution in [3.63, 3.8) is 0 Å². The lowest BCUT2D eigenvalue weighted by Crippen LogP contribution is -2.53. The molecule has 4 rings (SSSR count). The Morgan fingerprint density at radius 2 is 1.74 bits per heavy atom. The molecule has 1 atom stereocenters. The Labute approximate surface area is 207 Å². The molecule has 35 heavy (non-hydrogen) atoms. The van der Waals surface area contributed by atoms with Gasteiger partial charge in [0, 0.05) is 13.1 Å². The van der Waals surface area contributed by atoms with E-state index in [0.717, 1.165) is 43.6 Å². The third-order valence-corrected chi connectivity index (χ3v) is 7.12. The Morgan fingerprint density at radius 1 is 1.09 bits per heavy atom. The van der Waals surface area contributed by atoms with Gasteiger partial charge >= 0.3 is 11.7 Å². The molecule has 1 unspecified atom stereocenters. The van der Waals surface area contributed by atoms with E-state index in [1.54, 1.807) is 10.9 Å². The summed E-state index contributed by atoms with van der Waals surface area (Å²) in [7, 11) is 0. The van der Waals surface area contributed by atoms with Crippen molar-refractivity contribution in [3.8, 4) is 5.69 Å². The van der Waals surface area contributed by atoms with E-state index in [0.29, 0.717) is 12.5 Å². The summed E-state index contributed by atoms with van der Waals surface area (Å²) < 4.78 is 8.71. The molecule has 7 nitrogen and oxygen atoms in total. The highest BCUT2D eigenvalue weighted by molar-refractivity contribution is 5.82. The van der Waals surface area contributed by atoms with Crippen LogP contribution in [0.3, 0.4) is 0 Å². The van der Waals surface area contributed by atoms with Crippen molar-refractivity contribution in [2.75, 3.05) is 19.7 Å². The lowest BCUT2D eigenvalue weighted by atomic mass is 9.84. The first-order valence-corrected chi connectivity index (χ1v) is 12.6. The molecule has 0 bridgehead atoms. The second-order valence-corrected chi connectivity index (χ2v) is 9.75. The number of benzene rings is 2. The number of nitrogens with zero attached hydrogens (tertiary/aromatic N) is 4. The maximum Gasteiger partial charge on any atom is 0.350 e. The average Bonchev–Trinajstić information content (AvgIpc) is 3.29. The molecule has 0 N–H and O–H groups in total. The fourth-order valence-corrected chi connectivity index (χ4v) is 4.94. The number of hydrogen-bond donors (Lipinski definition) is 0. The number of piperidine rings is 1. The predicted octanol–water partition coefficient (Wildman–Crippen LogP) is 4.66. The zero-order valence-electron chi connectivity index (χ0n) is 21.2. The largest absolute Gasteiger partial charge is 0.464 e. The number of hydrogen-bond acceptors (Lipinski definition) is 5. The van der Waals surface area contributed by atoms with Crippen LogP contribution in [0.25, 0.3) is 5.69 Å². The Kier molecular flexibility index (Phi) is 7.55. The number of aromatic nitrogens is 3. The molecule has 7 heteroatoms. The third-order valence-electron chi connectivity index (χ3n) is 7.12. The molecule has 1 aliphatic rings. The van der Waals surface area contributed by atoms with Gasteiger partial charge in [-0.05, 0) is 69.2 Å². The molecule has 1 aliphatic heterocycles. The van der Waals surface area contributed by atoms with Crippen molar-refractivity contribution in [2.24, 2.45) is 0 Å². The number of carbonyl (C=O) groups excluding carboxylic acids is 1. The minimum Gasteiger partial charge on any atom is -0.464 e. The van der Waals surface area contributed by atoms with Gasteiger partial charge in [0.15, 0.2) is 0 Å². The highest BCUT2D eigenvalue weighted by Gasteiger charge is 2.44. The summed E-state index contributed by atoms with van der Waals surface area (Å²) in [6, 6.07) is 18.2. The van der Waals surface area contributed by atoms with Crippen LogP contribution < -0.4 is 5.69 Å². The smallest absolute Gasteiger partial charge is 0.350 e. The molecule has 2 heterocycles. The Balaban J connectivity index is 1.48. The predicted molar refractivity (Wildman–Crippen MR) is 137 cm³/mol. The minimum atomic E-state index is -0.803. The molecular weight excluding hydrogens is 440 g/mol. The molecule has 0 aliphatic carbocycles. The van der Waals surface area contributed by atoms with E-state index in [1.807, 2.05) is 70.2 Å². The summed E-state index contributed by atoms with van der Waals surface area (Å²) >= 11 is 0. The number of ether oxygens (including phenoxy) is 1. The third kappa shape index (κ3) is 4.96. The van der Waals surface area contributed by atoms with Gasteiger partial charge in [0.2, 0.25) is 0 Å². The monoisotopic (exact) mass is 476 g/mol. The van der Waals surface area contributed by atoms with E-state index in [1.165, 1.54) is 10.2 Å². The van der Waals surface area contributed by atoms with E-state index in [-0.39, 0.29) is 17.7 Å². The average molecular weight is 477 g/mol. The van der Waals surface area contributed by atoms with Crippen molar-refractivity contribution in [3.05, 3.63) is 82.5 Å². The number of likely N-dealkylation sites (tertiary alicyclic amines) is 1. The fraction of sp³-hybridized carbons (Fsp3) is 0.464. The van der Waals surface area contributed by atoms with Crippen LogP contribution in [0.2, 0.25) is 0 Å². The summed E-state index contributed by atoms with van der Waals surface area (Å²) in [6.07, 6.45) is 4.29. The van der Waals surface area contributed by atoms with Gasteiger partial charge in [0.05, 0.1) is 18.3 Å². The van der Waals surface area contributed by atoms with Crippen LogP contribution >= 0.6 is 0 Å². The molecule has 0 saturated carbocycles. The van der Waals surface area contributed by atoms with E-state index in [9.17, 15) is 9.59 Å². The standard InChI is InChI=1S/C28H36N4O3/c1-5-19-35-26(33)28(4,24-9-7-6-8-10-24)30-17-15-23(16-18-30)22-11-13-25(14-12-22)31-20-29-32(21(2)3)27(31)34/h6-14,20-21,23H,5,15-19H2,1-4H3. The molecular formula is C28H36N4O3. The van der Waals surface area contributed by atoms with Crippen molar-refractivity contribution in [1.29, 1.82) is 0 Å². The summed E-state index contributed by atoms with van der Waals surface area (Å²) in [5.74, 6) is 0.225. The van der Waals surface area contributed by atoms with Gasteiger partial charge in [0.25, 0.3) is 0 Å². The maximum atomic E-state index is 13.2. The van der Waals surface area contributed by atoms with Gasteiger partial charge in [-0.15, -0.1) is 0 Å². The molecule has 186 valence electrons. The Morgan fingerprint density at radius 3 is 2.31 bits per heavy atom. The second kappa shape index (κ2) is 10.6. The number of rotatable bonds is 8. The van der Waals surface area contributed by atoms with Crippen LogP contribution in [0.4, 0.5) is 0 Å². The molecule has 3 aromatic rings. The lowest BCUT2D eigenvalue weighted by molar-refractivity contribution is -0.159. The molecule has 1 aromatic heterocycles. The summed E-state index contributed by atoms with van der Waals surface area (Å²) in [6.45, 7) is 9.94. The molecule has 2 aromatic carbocycles. The molecule has 1 fully saturated rings. The van der Waals surface area contributed by atoms with Crippen LogP contribution in [0.1, 0.15) is 70.0 Å². The lowest BCUT2D eigenvalue weighted by Gasteiger charge is -2.43. The number of carbonyl (C=O) groups is 1. The van der Waals surface area contributed by atoms with Crippen LogP contribution in [0, 0.1) is 0 Å². The van der Waals surface area contributed by atoms with Crippen LogP contribution in [-0.2, 0) is 15.1 Å². The van der Waals surface area contributed by atoms with Crippen molar-refractivity contribution in [1.82, 2.24) is 19.2 Å². The molecule has 1 saturated heterocycles. The topological polar surface area (TPSA) is 69.4 Å². The van der Waals surface area contributed by atoms with Gasteiger partial charge < -0.3 is 4.74 Å². The SMILES string of the molecule is CCCOC(=O)C(C)(c1ccccc1)N1CCC(c2ccc(-n3cnn(C(C)C)c3=O)cc2)CC1. The highest BCUT2D eigenvalue weighted by atomic mass is 16.5. The molecule has 0 spiro atoms. The van der Waals surface area contributed by atoms with Crippen LogP contribution in [0.15, 0.2) is 65.7 Å². The van der Waals surface area contributed by atoms with E-state index in [2.05, 4.69) is 22.1 Å². The Hall–Kier alpha value is -3.19. The maximum absolute atomic E-state index is 13.2. The van der Waals surface area contributed by atoms with E-state index >= 15 is 0 Å². The summed E-state index contributed by atoms with van der Waals surface area (Å²) in [5.41, 5.74) is 2.11. The van der Waals surface area contributed by atoms with E-state index in [4.69, 9.17) is 4.74 Å². The summed E-state index contributed by atoms with van der Waals surface area (Å²) in [5, 5.41) is 4.22. The molecule has 0 amide bonds. The van der Waals surface area contributed by atoms with Crippen molar-refractivity contribution >= 4 is 5.97 Å². The van der Waals surface area contributed by atoms with E-state index < -0.39 is 5.54 Å². The van der Waals surface area contributed by atoms with Crippen LogP contribution in [-0.4, -0.2) is 44.9 Å².